The SMILES string of the molecule is CCOC(=O)C1CC(c2c(-c3ccccc3)nn3ccccc23)NNC1=O. The molecule has 1 aliphatic rings. The van der Waals surface area contributed by atoms with Crippen LogP contribution in [0.3, 0.4) is 0 Å². The van der Waals surface area contributed by atoms with Gasteiger partial charge in [-0.15, -0.1) is 0 Å². The topological polar surface area (TPSA) is 84.7 Å². The fraction of sp³-hybridized carbons (Fsp3) is 0.250. The van der Waals surface area contributed by atoms with Gasteiger partial charge in [0, 0.05) is 17.3 Å². The Morgan fingerprint density at radius 3 is 2.78 bits per heavy atom. The first-order valence-corrected chi connectivity index (χ1v) is 8.93. The number of esters is 1. The minimum Gasteiger partial charge on any atom is -0.465 e. The van der Waals surface area contributed by atoms with Gasteiger partial charge in [0.05, 0.1) is 23.9 Å². The van der Waals surface area contributed by atoms with E-state index in [4.69, 9.17) is 9.84 Å². The van der Waals surface area contributed by atoms with Crippen LogP contribution in [-0.4, -0.2) is 28.1 Å². The van der Waals surface area contributed by atoms with Crippen LogP contribution in [0, 0.1) is 5.92 Å². The number of rotatable bonds is 4. The number of fused-ring (bicyclic) bond motifs is 1. The van der Waals surface area contributed by atoms with Gasteiger partial charge in [0.15, 0.2) is 0 Å². The Balaban J connectivity index is 1.78. The largest absolute Gasteiger partial charge is 0.465 e. The van der Waals surface area contributed by atoms with Gasteiger partial charge in [0.25, 0.3) is 0 Å². The highest BCUT2D eigenvalue weighted by Crippen LogP contribution is 2.35. The lowest BCUT2D eigenvalue weighted by molar-refractivity contribution is -0.154. The maximum absolute atomic E-state index is 12.2. The third kappa shape index (κ3) is 3.17. The molecule has 0 aliphatic carbocycles. The zero-order chi connectivity index (χ0) is 18.8. The number of hydrazine groups is 1. The van der Waals surface area contributed by atoms with Gasteiger partial charge in [-0.3, -0.25) is 15.0 Å². The summed E-state index contributed by atoms with van der Waals surface area (Å²) >= 11 is 0. The van der Waals surface area contributed by atoms with E-state index in [0.29, 0.717) is 6.42 Å². The van der Waals surface area contributed by atoms with Crippen molar-refractivity contribution in [2.75, 3.05) is 6.61 Å². The van der Waals surface area contributed by atoms with Crippen LogP contribution in [-0.2, 0) is 14.3 Å². The predicted molar refractivity (Wildman–Crippen MR) is 99.4 cm³/mol. The van der Waals surface area contributed by atoms with E-state index >= 15 is 0 Å². The quantitative estimate of drug-likeness (QED) is 0.548. The van der Waals surface area contributed by atoms with Crippen LogP contribution < -0.4 is 10.9 Å². The molecule has 1 aromatic carbocycles. The van der Waals surface area contributed by atoms with Crippen LogP contribution in [0.1, 0.15) is 24.9 Å². The molecule has 2 unspecified atom stereocenters. The Hall–Kier alpha value is -3.19. The number of amides is 1. The van der Waals surface area contributed by atoms with Crippen LogP contribution in [0.4, 0.5) is 0 Å². The second kappa shape index (κ2) is 7.20. The summed E-state index contributed by atoms with van der Waals surface area (Å²) < 4.78 is 6.89. The summed E-state index contributed by atoms with van der Waals surface area (Å²) in [6.07, 6.45) is 2.19. The fourth-order valence-electron chi connectivity index (χ4n) is 3.45. The number of hydrogen-bond donors (Lipinski definition) is 2. The van der Waals surface area contributed by atoms with Crippen molar-refractivity contribution in [3.63, 3.8) is 0 Å². The average molecular weight is 364 g/mol. The van der Waals surface area contributed by atoms with Gasteiger partial charge in [0.2, 0.25) is 5.91 Å². The number of carbonyl (C=O) groups excluding carboxylic acids is 2. The van der Waals surface area contributed by atoms with Gasteiger partial charge in [-0.1, -0.05) is 36.4 Å². The summed E-state index contributed by atoms with van der Waals surface area (Å²) in [7, 11) is 0. The normalized spacial score (nSPS) is 19.7. The third-order valence-electron chi connectivity index (χ3n) is 4.70. The average Bonchev–Trinajstić information content (AvgIpc) is 3.09. The van der Waals surface area contributed by atoms with Crippen LogP contribution in [0.5, 0.6) is 0 Å². The van der Waals surface area contributed by atoms with E-state index in [1.54, 1.807) is 6.92 Å². The molecule has 0 spiro atoms. The molecule has 138 valence electrons. The molecule has 3 heterocycles. The molecule has 0 radical (unpaired) electrons. The van der Waals surface area contributed by atoms with Crippen molar-refractivity contribution in [1.82, 2.24) is 20.5 Å². The second-order valence-corrected chi connectivity index (χ2v) is 6.39. The van der Waals surface area contributed by atoms with E-state index in [1.807, 2.05) is 59.2 Å². The van der Waals surface area contributed by atoms with E-state index in [0.717, 1.165) is 22.3 Å². The summed E-state index contributed by atoms with van der Waals surface area (Å²) in [5.74, 6) is -1.72. The Kier molecular flexibility index (Phi) is 4.60. The van der Waals surface area contributed by atoms with Gasteiger partial charge in [0.1, 0.15) is 5.92 Å². The number of nitrogens with one attached hydrogen (secondary N) is 2. The molecular formula is C20H20N4O3. The highest BCUT2D eigenvalue weighted by molar-refractivity contribution is 5.98. The van der Waals surface area contributed by atoms with Crippen molar-refractivity contribution in [1.29, 1.82) is 0 Å². The van der Waals surface area contributed by atoms with Crippen LogP contribution in [0.25, 0.3) is 16.8 Å². The molecule has 2 aromatic heterocycles. The minimum absolute atomic E-state index is 0.243. The molecule has 2 N–H and O–H groups in total. The number of benzene rings is 1. The van der Waals surface area contributed by atoms with Crippen molar-refractivity contribution < 1.29 is 14.3 Å². The van der Waals surface area contributed by atoms with Crippen molar-refractivity contribution in [2.45, 2.75) is 19.4 Å². The summed E-state index contributed by atoms with van der Waals surface area (Å²) in [5, 5.41) is 4.73. The minimum atomic E-state index is -0.849. The molecule has 1 aliphatic heterocycles. The van der Waals surface area contributed by atoms with Crippen LogP contribution >= 0.6 is 0 Å². The molecule has 0 bridgehead atoms. The van der Waals surface area contributed by atoms with E-state index in [1.165, 1.54) is 0 Å². The smallest absolute Gasteiger partial charge is 0.318 e. The molecule has 4 rings (SSSR count). The molecular weight excluding hydrogens is 344 g/mol. The van der Waals surface area contributed by atoms with E-state index < -0.39 is 11.9 Å². The first-order chi connectivity index (χ1) is 13.2. The van der Waals surface area contributed by atoms with Crippen molar-refractivity contribution in [3.05, 3.63) is 60.3 Å². The predicted octanol–water partition coefficient (Wildman–Crippen LogP) is 2.25. The monoisotopic (exact) mass is 364 g/mol. The number of aromatic nitrogens is 2. The Bertz CT molecular complexity index is 983. The lowest BCUT2D eigenvalue weighted by Crippen LogP contribution is -2.52. The zero-order valence-corrected chi connectivity index (χ0v) is 14.9. The van der Waals surface area contributed by atoms with Gasteiger partial charge in [-0.2, -0.15) is 5.10 Å². The number of pyridine rings is 1. The molecule has 7 heteroatoms. The summed E-state index contributed by atoms with van der Waals surface area (Å²) in [6.45, 7) is 1.97. The van der Waals surface area contributed by atoms with Gasteiger partial charge >= 0.3 is 5.97 Å². The standard InChI is InChI=1S/C20H20N4O3/c1-2-27-20(26)14-12-15(21-22-19(14)25)17-16-10-6-7-11-24(16)23-18(17)13-8-4-3-5-9-13/h3-11,14-15,21H,2,12H2,1H3,(H,22,25). The van der Waals surface area contributed by atoms with Gasteiger partial charge in [-0.25, -0.2) is 9.94 Å². The molecule has 2 atom stereocenters. The molecule has 0 saturated carbocycles. The highest BCUT2D eigenvalue weighted by atomic mass is 16.5. The van der Waals surface area contributed by atoms with Crippen LogP contribution in [0.2, 0.25) is 0 Å². The summed E-state index contributed by atoms with van der Waals surface area (Å²) in [5.41, 5.74) is 9.32. The third-order valence-corrected chi connectivity index (χ3v) is 4.70. The first kappa shape index (κ1) is 17.2. The molecule has 1 saturated heterocycles. The fourth-order valence-corrected chi connectivity index (χ4v) is 3.45. The summed E-state index contributed by atoms with van der Waals surface area (Å²) in [6, 6.07) is 15.4. The van der Waals surface area contributed by atoms with E-state index in [9.17, 15) is 9.59 Å². The summed E-state index contributed by atoms with van der Waals surface area (Å²) in [4.78, 5) is 24.4. The number of nitrogens with zero attached hydrogens (tertiary/aromatic N) is 2. The lowest BCUT2D eigenvalue weighted by atomic mass is 9.90. The Labute approximate surface area is 156 Å². The molecule has 1 fully saturated rings. The lowest BCUT2D eigenvalue weighted by Gasteiger charge is -2.29. The van der Waals surface area contributed by atoms with Gasteiger partial charge in [-0.05, 0) is 25.5 Å². The van der Waals surface area contributed by atoms with E-state index in [2.05, 4.69) is 10.9 Å². The number of hydrogen-bond acceptors (Lipinski definition) is 5. The first-order valence-electron chi connectivity index (χ1n) is 8.93. The molecule has 27 heavy (non-hydrogen) atoms. The Morgan fingerprint density at radius 2 is 2.00 bits per heavy atom. The van der Waals surface area contributed by atoms with Crippen molar-refractivity contribution >= 4 is 17.4 Å². The molecule has 7 nitrogen and oxygen atoms in total. The van der Waals surface area contributed by atoms with E-state index in [-0.39, 0.29) is 18.6 Å². The zero-order valence-electron chi connectivity index (χ0n) is 14.9. The van der Waals surface area contributed by atoms with Crippen molar-refractivity contribution in [3.8, 4) is 11.3 Å². The highest BCUT2D eigenvalue weighted by Gasteiger charge is 2.37. The van der Waals surface area contributed by atoms with Gasteiger partial charge < -0.3 is 4.74 Å². The van der Waals surface area contributed by atoms with Crippen LogP contribution in [0.15, 0.2) is 54.7 Å². The number of ether oxygens (including phenoxy) is 1. The number of carbonyl (C=O) groups is 2. The maximum Gasteiger partial charge on any atom is 0.318 e. The molecule has 3 aromatic rings. The molecule has 1 amide bonds. The van der Waals surface area contributed by atoms with Crippen molar-refractivity contribution in [2.24, 2.45) is 5.92 Å². The maximum atomic E-state index is 12.2. The Morgan fingerprint density at radius 1 is 1.22 bits per heavy atom. The second-order valence-electron chi connectivity index (χ2n) is 6.39.